The molecule has 2 nitrogen and oxygen atoms in total. The van der Waals surface area contributed by atoms with Gasteiger partial charge in [0.1, 0.15) is 0 Å². The molecule has 2 aromatic carbocycles. The van der Waals surface area contributed by atoms with Gasteiger partial charge in [0.2, 0.25) is 0 Å². The molecule has 3 heteroatoms. The van der Waals surface area contributed by atoms with Gasteiger partial charge in [-0.2, -0.15) is 0 Å². The van der Waals surface area contributed by atoms with E-state index in [0.717, 1.165) is 6.42 Å². The van der Waals surface area contributed by atoms with E-state index in [4.69, 9.17) is 0 Å². The zero-order valence-corrected chi connectivity index (χ0v) is 15.0. The third-order valence-corrected chi connectivity index (χ3v) is 6.06. The number of hydrogen-bond donors (Lipinski definition) is 1. The van der Waals surface area contributed by atoms with Gasteiger partial charge in [0, 0.05) is 23.4 Å². The van der Waals surface area contributed by atoms with Gasteiger partial charge in [-0.3, -0.25) is 4.98 Å². The van der Waals surface area contributed by atoms with Crippen LogP contribution in [-0.2, 0) is 11.8 Å². The monoisotopic (exact) mass is 354 g/mol. The maximum Gasteiger partial charge on any atom is 0.0798 e. The van der Waals surface area contributed by atoms with Crippen LogP contribution in [-0.4, -0.2) is 9.97 Å². The second-order valence-electron chi connectivity index (χ2n) is 6.68. The Morgan fingerprint density at radius 3 is 2.23 bits per heavy atom. The van der Waals surface area contributed by atoms with E-state index in [9.17, 15) is 0 Å². The van der Waals surface area contributed by atoms with Crippen molar-refractivity contribution in [1.82, 2.24) is 9.97 Å². The highest BCUT2D eigenvalue weighted by atomic mass is 32.1. The number of fused-ring (bicyclic) bond motifs is 1. The topological polar surface area (TPSA) is 28.7 Å². The Morgan fingerprint density at radius 2 is 1.62 bits per heavy atom. The molecular weight excluding hydrogens is 336 g/mol. The molecule has 0 atom stereocenters. The van der Waals surface area contributed by atoms with Crippen molar-refractivity contribution in [1.29, 1.82) is 0 Å². The number of nitrogens with one attached hydrogen (secondary N) is 1. The number of aromatic amines is 1. The van der Waals surface area contributed by atoms with Crippen molar-refractivity contribution in [3.63, 3.8) is 0 Å². The molecule has 0 bridgehead atoms. The summed E-state index contributed by atoms with van der Waals surface area (Å²) >= 11 is 1.67. The summed E-state index contributed by atoms with van der Waals surface area (Å²) in [5.74, 6) is 0. The fourth-order valence-corrected chi connectivity index (χ4v) is 4.62. The first kappa shape index (κ1) is 15.4. The highest BCUT2D eigenvalue weighted by Crippen LogP contribution is 2.43. The molecule has 26 heavy (non-hydrogen) atoms. The highest BCUT2D eigenvalue weighted by molar-refractivity contribution is 7.13. The Kier molecular flexibility index (Phi) is 3.61. The van der Waals surface area contributed by atoms with Crippen LogP contribution >= 0.6 is 11.3 Å². The molecule has 2 aromatic heterocycles. The molecule has 2 heterocycles. The first-order valence-electron chi connectivity index (χ1n) is 8.76. The minimum absolute atomic E-state index is 0.136. The van der Waals surface area contributed by atoms with Gasteiger partial charge in [-0.25, -0.2) is 0 Å². The zero-order valence-electron chi connectivity index (χ0n) is 14.2. The van der Waals surface area contributed by atoms with Gasteiger partial charge in [-0.1, -0.05) is 72.8 Å². The standard InChI is InChI=1S/C23H18N2S/c1-3-7-18(8-4-1)23(19-9-5-2-6-10-19)12-11-20-17(13-23)14-25-22(20)21-15-24-16-26-21/h1-12,14-16,25H,13H2. The highest BCUT2D eigenvalue weighted by Gasteiger charge is 2.35. The Balaban J connectivity index is 1.67. The van der Waals surface area contributed by atoms with E-state index in [1.165, 1.54) is 32.8 Å². The lowest BCUT2D eigenvalue weighted by Crippen LogP contribution is -2.30. The van der Waals surface area contributed by atoms with E-state index in [0.29, 0.717) is 0 Å². The number of benzene rings is 2. The fraction of sp³-hybridized carbons (Fsp3) is 0.0870. The van der Waals surface area contributed by atoms with Crippen molar-refractivity contribution in [2.75, 3.05) is 0 Å². The molecule has 0 spiro atoms. The molecule has 0 amide bonds. The molecule has 0 aliphatic heterocycles. The van der Waals surface area contributed by atoms with E-state index < -0.39 is 0 Å². The van der Waals surface area contributed by atoms with E-state index >= 15 is 0 Å². The molecular formula is C23H18N2S. The van der Waals surface area contributed by atoms with Gasteiger partial charge in [0.25, 0.3) is 0 Å². The molecule has 1 aliphatic carbocycles. The van der Waals surface area contributed by atoms with Gasteiger partial charge >= 0.3 is 0 Å². The summed E-state index contributed by atoms with van der Waals surface area (Å²) in [4.78, 5) is 8.89. The van der Waals surface area contributed by atoms with Crippen LogP contribution in [0.4, 0.5) is 0 Å². The van der Waals surface area contributed by atoms with Gasteiger partial charge in [-0.15, -0.1) is 11.3 Å². The van der Waals surface area contributed by atoms with Crippen LogP contribution in [0.1, 0.15) is 22.3 Å². The number of hydrogen-bond acceptors (Lipinski definition) is 2. The van der Waals surface area contributed by atoms with Crippen molar-refractivity contribution >= 4 is 17.4 Å². The van der Waals surface area contributed by atoms with E-state index in [-0.39, 0.29) is 5.41 Å². The molecule has 0 unspecified atom stereocenters. The molecule has 126 valence electrons. The molecule has 0 radical (unpaired) electrons. The maximum atomic E-state index is 4.23. The fourth-order valence-electron chi connectivity index (χ4n) is 3.97. The summed E-state index contributed by atoms with van der Waals surface area (Å²) in [5.41, 5.74) is 8.21. The summed E-state index contributed by atoms with van der Waals surface area (Å²) < 4.78 is 0. The molecule has 0 saturated heterocycles. The number of rotatable bonds is 3. The minimum atomic E-state index is -0.136. The number of nitrogens with zero attached hydrogens (tertiary/aromatic N) is 1. The van der Waals surface area contributed by atoms with Crippen LogP contribution in [0.25, 0.3) is 16.6 Å². The molecule has 5 rings (SSSR count). The largest absolute Gasteiger partial charge is 0.360 e. The van der Waals surface area contributed by atoms with Crippen LogP contribution < -0.4 is 0 Å². The zero-order chi connectivity index (χ0) is 17.4. The smallest absolute Gasteiger partial charge is 0.0798 e. The second-order valence-corrected chi connectivity index (χ2v) is 7.57. The Bertz CT molecular complexity index is 1000. The summed E-state index contributed by atoms with van der Waals surface area (Å²) in [6, 6.07) is 21.6. The summed E-state index contributed by atoms with van der Waals surface area (Å²) in [6.45, 7) is 0. The molecule has 1 N–H and O–H groups in total. The van der Waals surface area contributed by atoms with Gasteiger partial charge in [0.15, 0.2) is 0 Å². The Hall–Kier alpha value is -2.91. The van der Waals surface area contributed by atoms with E-state index in [1.807, 2.05) is 11.7 Å². The van der Waals surface area contributed by atoms with E-state index in [2.05, 4.69) is 89.0 Å². The van der Waals surface area contributed by atoms with Crippen molar-refractivity contribution in [3.8, 4) is 10.6 Å². The third kappa shape index (κ3) is 2.36. The van der Waals surface area contributed by atoms with Crippen LogP contribution in [0, 0.1) is 0 Å². The number of H-pyrrole nitrogens is 1. The first-order valence-corrected chi connectivity index (χ1v) is 9.64. The van der Waals surface area contributed by atoms with Crippen LogP contribution in [0.5, 0.6) is 0 Å². The summed E-state index contributed by atoms with van der Waals surface area (Å²) in [7, 11) is 0. The van der Waals surface area contributed by atoms with Gasteiger partial charge in [0.05, 0.1) is 16.1 Å². The quantitative estimate of drug-likeness (QED) is 0.503. The van der Waals surface area contributed by atoms with Crippen LogP contribution in [0.3, 0.4) is 0 Å². The van der Waals surface area contributed by atoms with Crippen molar-refractivity contribution < 1.29 is 0 Å². The van der Waals surface area contributed by atoms with Crippen molar-refractivity contribution in [2.24, 2.45) is 0 Å². The first-order chi connectivity index (χ1) is 12.9. The number of allylic oxidation sites excluding steroid dienone is 1. The summed E-state index contributed by atoms with van der Waals surface area (Å²) in [6.07, 6.45) is 9.69. The Labute approximate surface area is 156 Å². The Morgan fingerprint density at radius 1 is 0.923 bits per heavy atom. The minimum Gasteiger partial charge on any atom is -0.360 e. The molecule has 0 fully saturated rings. The van der Waals surface area contributed by atoms with Crippen LogP contribution in [0.15, 0.2) is 84.6 Å². The number of thiazole rings is 1. The predicted octanol–water partition coefficient (Wildman–Crippen LogP) is 5.69. The van der Waals surface area contributed by atoms with Crippen LogP contribution in [0.2, 0.25) is 0 Å². The lowest BCUT2D eigenvalue weighted by atomic mass is 9.68. The van der Waals surface area contributed by atoms with Gasteiger partial charge < -0.3 is 4.98 Å². The lowest BCUT2D eigenvalue weighted by Gasteiger charge is -2.35. The molecule has 4 aromatic rings. The lowest BCUT2D eigenvalue weighted by molar-refractivity contribution is 0.634. The van der Waals surface area contributed by atoms with E-state index in [1.54, 1.807) is 11.3 Å². The SMILES string of the molecule is C1=CC(c2ccccc2)(c2ccccc2)Cc2c[nH]c(-c3cncs3)c21. The average Bonchev–Trinajstić information content (AvgIpc) is 3.38. The number of aromatic nitrogens is 2. The average molecular weight is 354 g/mol. The summed E-state index contributed by atoms with van der Waals surface area (Å²) in [5, 5.41) is 0. The second kappa shape index (κ2) is 6.11. The normalized spacial score (nSPS) is 14.9. The maximum absolute atomic E-state index is 4.23. The van der Waals surface area contributed by atoms with Gasteiger partial charge in [-0.05, 0) is 23.1 Å². The third-order valence-electron chi connectivity index (χ3n) is 5.27. The van der Waals surface area contributed by atoms with Crippen molar-refractivity contribution in [3.05, 3.63) is 107 Å². The molecule has 1 aliphatic rings. The predicted molar refractivity (Wildman–Crippen MR) is 108 cm³/mol. The molecule has 0 saturated carbocycles. The van der Waals surface area contributed by atoms with Crippen molar-refractivity contribution in [2.45, 2.75) is 11.8 Å².